The Balaban J connectivity index is 1.48. The first-order valence-electron chi connectivity index (χ1n) is 11.4. The second-order valence-corrected chi connectivity index (χ2v) is 11.5. The van der Waals surface area contributed by atoms with Crippen molar-refractivity contribution in [2.45, 2.75) is 62.0 Å². The smallest absolute Gasteiger partial charge is 0.393 e. The van der Waals surface area contributed by atoms with E-state index in [0.717, 1.165) is 12.1 Å². The molecule has 2 N–H and O–H groups in total. The number of aliphatic hydroxyl groups excluding tert-OH is 1. The van der Waals surface area contributed by atoms with Gasteiger partial charge in [0.2, 0.25) is 15.9 Å². The molecule has 186 valence electrons. The van der Waals surface area contributed by atoms with Crippen LogP contribution >= 0.6 is 0 Å². The molecule has 2 heterocycles. The van der Waals surface area contributed by atoms with Gasteiger partial charge in [-0.2, -0.15) is 4.31 Å². The van der Waals surface area contributed by atoms with Crippen molar-refractivity contribution < 1.29 is 26.7 Å². The number of aromatic amines is 1. The van der Waals surface area contributed by atoms with Crippen molar-refractivity contribution in [2.75, 3.05) is 0 Å². The molecular weight excluding hydrogens is 480 g/mol. The lowest BCUT2D eigenvalue weighted by molar-refractivity contribution is 0.0227. The molecule has 0 bridgehead atoms. The molecule has 1 aliphatic heterocycles. The molecule has 1 saturated heterocycles. The molecule has 8 nitrogen and oxygen atoms in total. The van der Waals surface area contributed by atoms with Crippen LogP contribution in [0.15, 0.2) is 51.7 Å². The topological polar surface area (TPSA) is 116 Å². The van der Waals surface area contributed by atoms with Gasteiger partial charge in [-0.3, -0.25) is 0 Å². The first-order valence-corrected chi connectivity index (χ1v) is 12.9. The van der Waals surface area contributed by atoms with Gasteiger partial charge < -0.3 is 9.52 Å². The van der Waals surface area contributed by atoms with E-state index in [4.69, 9.17) is 4.42 Å². The second-order valence-electron chi connectivity index (χ2n) is 9.40. The number of halogens is 2. The molecule has 1 aromatic heterocycles. The largest absolute Gasteiger partial charge is 0.434 e. The van der Waals surface area contributed by atoms with E-state index in [1.54, 1.807) is 37.3 Å². The molecule has 0 amide bonds. The van der Waals surface area contributed by atoms with Gasteiger partial charge in [0.1, 0.15) is 16.9 Å². The number of rotatable bonds is 5. The van der Waals surface area contributed by atoms with E-state index in [0.29, 0.717) is 18.4 Å². The zero-order valence-corrected chi connectivity index (χ0v) is 19.8. The van der Waals surface area contributed by atoms with Gasteiger partial charge in [0.05, 0.1) is 11.5 Å². The zero-order chi connectivity index (χ0) is 25.0. The SMILES string of the molecule is C[C@H]1CC[C@H](c2ccccc2)S(=O)(=O)N1Cc1cc(F)c([C@]2(c3n[nH]c(=O)o3)C[C@@H](O)C2)cc1F. The Morgan fingerprint density at radius 2 is 1.89 bits per heavy atom. The highest BCUT2D eigenvalue weighted by Crippen LogP contribution is 2.49. The Morgan fingerprint density at radius 1 is 1.17 bits per heavy atom. The van der Waals surface area contributed by atoms with Crippen LogP contribution in [-0.4, -0.2) is 40.2 Å². The summed E-state index contributed by atoms with van der Waals surface area (Å²) in [6.45, 7) is 1.44. The zero-order valence-electron chi connectivity index (χ0n) is 18.9. The third-order valence-corrected chi connectivity index (χ3v) is 9.56. The van der Waals surface area contributed by atoms with Gasteiger partial charge in [-0.1, -0.05) is 30.3 Å². The number of H-pyrrole nitrogens is 1. The van der Waals surface area contributed by atoms with E-state index >= 15 is 8.78 Å². The number of benzene rings is 2. The maximum atomic E-state index is 15.4. The van der Waals surface area contributed by atoms with Crippen LogP contribution in [-0.2, 0) is 22.0 Å². The molecule has 2 aliphatic rings. The summed E-state index contributed by atoms with van der Waals surface area (Å²) in [5.41, 5.74) is -0.826. The van der Waals surface area contributed by atoms with Crippen LogP contribution < -0.4 is 5.76 Å². The minimum atomic E-state index is -3.83. The summed E-state index contributed by atoms with van der Waals surface area (Å²) in [7, 11) is -3.83. The van der Waals surface area contributed by atoms with E-state index in [1.807, 2.05) is 0 Å². The molecule has 0 spiro atoms. The standard InChI is InChI=1S/C24H25F2N3O5S/c1-14-7-8-21(15-5-3-2-4-6-15)35(32,33)29(14)13-16-9-20(26)18(10-19(16)25)24(11-17(30)12-24)22-27-28-23(31)34-22/h2-6,9-10,14,17,21,30H,7-8,11-13H2,1H3,(H,28,31)/t14-,17-,21+,24+/m0/s1. The molecule has 35 heavy (non-hydrogen) atoms. The lowest BCUT2D eigenvalue weighted by Crippen LogP contribution is -2.47. The van der Waals surface area contributed by atoms with Crippen LogP contribution in [0.1, 0.15) is 60.4 Å². The van der Waals surface area contributed by atoms with Gasteiger partial charge in [-0.25, -0.2) is 27.1 Å². The van der Waals surface area contributed by atoms with Crippen molar-refractivity contribution in [3.63, 3.8) is 0 Å². The van der Waals surface area contributed by atoms with Crippen molar-refractivity contribution in [3.05, 3.63) is 87.2 Å². The second kappa shape index (κ2) is 8.65. The van der Waals surface area contributed by atoms with Gasteiger partial charge in [0, 0.05) is 23.7 Å². The minimum Gasteiger partial charge on any atom is -0.393 e. The van der Waals surface area contributed by atoms with Gasteiger partial charge in [-0.05, 0) is 50.3 Å². The molecular formula is C24H25F2N3O5S. The predicted molar refractivity (Wildman–Crippen MR) is 122 cm³/mol. The maximum absolute atomic E-state index is 15.4. The van der Waals surface area contributed by atoms with Crippen molar-refractivity contribution in [2.24, 2.45) is 0 Å². The average Bonchev–Trinajstić information content (AvgIpc) is 3.23. The monoisotopic (exact) mass is 505 g/mol. The minimum absolute atomic E-state index is 0.00674. The number of aliphatic hydroxyl groups is 1. The van der Waals surface area contributed by atoms with Crippen molar-refractivity contribution >= 4 is 10.0 Å². The highest BCUT2D eigenvalue weighted by molar-refractivity contribution is 7.89. The molecule has 2 aromatic carbocycles. The highest BCUT2D eigenvalue weighted by Gasteiger charge is 2.52. The number of hydrogen-bond acceptors (Lipinski definition) is 6. The van der Waals surface area contributed by atoms with Gasteiger partial charge in [-0.15, -0.1) is 5.10 Å². The highest BCUT2D eigenvalue weighted by atomic mass is 32.2. The Hall–Kier alpha value is -2.89. The van der Waals surface area contributed by atoms with Crippen LogP contribution in [0.5, 0.6) is 0 Å². The number of sulfonamides is 1. The molecule has 11 heteroatoms. The van der Waals surface area contributed by atoms with Crippen molar-refractivity contribution in [1.29, 1.82) is 0 Å². The van der Waals surface area contributed by atoms with E-state index in [9.17, 15) is 18.3 Å². The number of nitrogens with one attached hydrogen (secondary N) is 1. The van der Waals surface area contributed by atoms with E-state index < -0.39 is 44.2 Å². The van der Waals surface area contributed by atoms with Gasteiger partial charge >= 0.3 is 5.76 Å². The molecule has 0 radical (unpaired) electrons. The summed E-state index contributed by atoms with van der Waals surface area (Å²) in [4.78, 5) is 11.5. The molecule has 2 atom stereocenters. The third-order valence-electron chi connectivity index (χ3n) is 7.19. The fourth-order valence-electron chi connectivity index (χ4n) is 5.28. The summed E-state index contributed by atoms with van der Waals surface area (Å²) >= 11 is 0. The molecule has 3 aromatic rings. The first kappa shape index (κ1) is 23.8. The van der Waals surface area contributed by atoms with E-state index in [2.05, 4.69) is 10.2 Å². The number of aromatic nitrogens is 2. The van der Waals surface area contributed by atoms with Crippen molar-refractivity contribution in [3.8, 4) is 0 Å². The number of nitrogens with zero attached hydrogens (tertiary/aromatic N) is 2. The molecule has 1 aliphatic carbocycles. The first-order chi connectivity index (χ1) is 16.6. The van der Waals surface area contributed by atoms with Crippen LogP contribution in [0.4, 0.5) is 8.78 Å². The predicted octanol–water partition coefficient (Wildman–Crippen LogP) is 3.14. The Morgan fingerprint density at radius 3 is 2.51 bits per heavy atom. The summed E-state index contributed by atoms with van der Waals surface area (Å²) < 4.78 is 63.9. The lowest BCUT2D eigenvalue weighted by atomic mass is 9.62. The van der Waals surface area contributed by atoms with Gasteiger partial charge in [0.15, 0.2) is 0 Å². The third kappa shape index (κ3) is 4.01. The van der Waals surface area contributed by atoms with Crippen LogP contribution in [0, 0.1) is 11.6 Å². The average molecular weight is 506 g/mol. The number of hydrogen-bond donors (Lipinski definition) is 2. The molecule has 0 unspecified atom stereocenters. The fourth-order valence-corrected chi connectivity index (χ4v) is 7.47. The Labute approximate surface area is 200 Å². The van der Waals surface area contributed by atoms with E-state index in [1.165, 1.54) is 4.31 Å². The quantitative estimate of drug-likeness (QED) is 0.550. The maximum Gasteiger partial charge on any atom is 0.434 e. The van der Waals surface area contributed by atoms with Crippen LogP contribution in [0.25, 0.3) is 0 Å². The summed E-state index contributed by atoms with van der Waals surface area (Å²) in [5.74, 6) is -2.54. The molecule has 2 fully saturated rings. The van der Waals surface area contributed by atoms with E-state index in [-0.39, 0.29) is 42.4 Å². The van der Waals surface area contributed by atoms with Crippen LogP contribution in [0.2, 0.25) is 0 Å². The summed E-state index contributed by atoms with van der Waals surface area (Å²) in [6.07, 6.45) is 0.257. The van der Waals surface area contributed by atoms with Crippen molar-refractivity contribution in [1.82, 2.24) is 14.5 Å². The summed E-state index contributed by atoms with van der Waals surface area (Å²) in [5, 5.41) is 15.0. The Bertz CT molecular complexity index is 1400. The normalized spacial score (nSPS) is 28.5. The Kier molecular flexibility index (Phi) is 5.89. The lowest BCUT2D eigenvalue weighted by Gasteiger charge is -2.43. The molecule has 5 rings (SSSR count). The van der Waals surface area contributed by atoms with Gasteiger partial charge in [0.25, 0.3) is 0 Å². The summed E-state index contributed by atoms with van der Waals surface area (Å²) in [6, 6.07) is 10.5. The fraction of sp³-hybridized carbons (Fsp3) is 0.417. The molecule has 1 saturated carbocycles. The van der Waals surface area contributed by atoms with Crippen LogP contribution in [0.3, 0.4) is 0 Å².